The number of hydrogen-bond acceptors (Lipinski definition) is 5. The highest BCUT2D eigenvalue weighted by Crippen LogP contribution is 2.34. The predicted molar refractivity (Wildman–Crippen MR) is 136 cm³/mol. The molecule has 0 aliphatic carbocycles. The molecule has 0 aromatic heterocycles. The molecule has 4 rings (SSSR count). The van der Waals surface area contributed by atoms with Gasteiger partial charge in [0, 0.05) is 11.3 Å². The molecule has 3 aromatic carbocycles. The van der Waals surface area contributed by atoms with E-state index < -0.39 is 23.0 Å². The van der Waals surface area contributed by atoms with Crippen molar-refractivity contribution in [3.63, 3.8) is 0 Å². The normalized spacial score (nSPS) is 14.5. The SMILES string of the molecule is O=C(O)c1ccc(NC(=O)c2cccc(C=C3SC(=O)N(Cc4ccc(Cl)c(Cl)c4)C3=O)c2)cc1. The standard InChI is InChI=1S/C25H16Cl2N2O5S/c26-19-9-4-15(11-20(19)27)13-29-23(31)21(35-25(29)34)12-14-2-1-3-17(10-14)22(30)28-18-7-5-16(6-8-18)24(32)33/h1-12H,13H2,(H,28,30)(H,32,33). The summed E-state index contributed by atoms with van der Waals surface area (Å²) >= 11 is 12.8. The molecule has 3 aromatic rings. The summed E-state index contributed by atoms with van der Waals surface area (Å²) in [4.78, 5) is 50.3. The molecule has 10 heteroatoms. The number of benzene rings is 3. The van der Waals surface area contributed by atoms with E-state index in [0.717, 1.165) is 16.7 Å². The van der Waals surface area contributed by atoms with Crippen LogP contribution in [0.15, 0.2) is 71.6 Å². The van der Waals surface area contributed by atoms with Gasteiger partial charge in [-0.05, 0) is 77.5 Å². The van der Waals surface area contributed by atoms with Crippen molar-refractivity contribution in [2.45, 2.75) is 6.54 Å². The lowest BCUT2D eigenvalue weighted by molar-refractivity contribution is -0.123. The molecule has 7 nitrogen and oxygen atoms in total. The average Bonchev–Trinajstić information content (AvgIpc) is 3.09. The van der Waals surface area contributed by atoms with Crippen LogP contribution in [0.1, 0.15) is 31.8 Å². The van der Waals surface area contributed by atoms with Crippen molar-refractivity contribution in [2.75, 3.05) is 5.32 Å². The first-order valence-corrected chi connectivity index (χ1v) is 11.7. The number of carboxylic acid groups (broad SMARTS) is 1. The number of hydrogen-bond donors (Lipinski definition) is 2. The number of carbonyl (C=O) groups is 4. The Morgan fingerprint density at radius 3 is 2.37 bits per heavy atom. The summed E-state index contributed by atoms with van der Waals surface area (Å²) in [7, 11) is 0. The Labute approximate surface area is 214 Å². The summed E-state index contributed by atoms with van der Waals surface area (Å²) in [6.07, 6.45) is 1.55. The van der Waals surface area contributed by atoms with E-state index in [1.807, 2.05) is 0 Å². The number of nitrogens with zero attached hydrogens (tertiary/aromatic N) is 1. The number of carboxylic acids is 1. The number of anilines is 1. The van der Waals surface area contributed by atoms with Crippen LogP contribution in [0.3, 0.4) is 0 Å². The van der Waals surface area contributed by atoms with Crippen LogP contribution in [0.4, 0.5) is 10.5 Å². The second-order valence-corrected chi connectivity index (χ2v) is 9.29. The summed E-state index contributed by atoms with van der Waals surface area (Å²) < 4.78 is 0. The number of thioether (sulfide) groups is 1. The molecule has 0 bridgehead atoms. The van der Waals surface area contributed by atoms with Crippen molar-refractivity contribution in [3.05, 3.63) is 104 Å². The molecule has 0 radical (unpaired) electrons. The first-order valence-electron chi connectivity index (χ1n) is 10.2. The van der Waals surface area contributed by atoms with E-state index >= 15 is 0 Å². The average molecular weight is 527 g/mol. The van der Waals surface area contributed by atoms with Gasteiger partial charge in [0.15, 0.2) is 0 Å². The minimum absolute atomic E-state index is 0.0575. The number of aromatic carboxylic acids is 1. The Balaban J connectivity index is 1.48. The topological polar surface area (TPSA) is 104 Å². The maximum absolute atomic E-state index is 12.8. The van der Waals surface area contributed by atoms with Crippen LogP contribution in [0.2, 0.25) is 10.0 Å². The molecule has 0 unspecified atom stereocenters. The zero-order valence-electron chi connectivity index (χ0n) is 17.8. The van der Waals surface area contributed by atoms with Crippen LogP contribution in [0, 0.1) is 0 Å². The fraction of sp³-hybridized carbons (Fsp3) is 0.0400. The van der Waals surface area contributed by atoms with E-state index in [0.29, 0.717) is 32.4 Å². The monoisotopic (exact) mass is 526 g/mol. The van der Waals surface area contributed by atoms with E-state index in [2.05, 4.69) is 5.32 Å². The lowest BCUT2D eigenvalue weighted by Crippen LogP contribution is -2.27. The molecule has 1 aliphatic heterocycles. The number of rotatable bonds is 6. The summed E-state index contributed by atoms with van der Waals surface area (Å²) in [5, 5.41) is 12.0. The smallest absolute Gasteiger partial charge is 0.335 e. The number of halogens is 2. The summed E-state index contributed by atoms with van der Waals surface area (Å²) in [6, 6.07) is 17.2. The van der Waals surface area contributed by atoms with E-state index in [-0.39, 0.29) is 17.0 Å². The first kappa shape index (κ1) is 24.5. The Morgan fingerprint density at radius 2 is 1.69 bits per heavy atom. The molecule has 0 spiro atoms. The van der Waals surface area contributed by atoms with Gasteiger partial charge in [0.05, 0.1) is 27.1 Å². The van der Waals surface area contributed by atoms with Crippen molar-refractivity contribution < 1.29 is 24.3 Å². The minimum Gasteiger partial charge on any atom is -0.478 e. The number of imide groups is 1. The Morgan fingerprint density at radius 1 is 0.943 bits per heavy atom. The molecule has 35 heavy (non-hydrogen) atoms. The molecule has 2 N–H and O–H groups in total. The molecule has 176 valence electrons. The predicted octanol–water partition coefficient (Wildman–Crippen LogP) is 6.18. The summed E-state index contributed by atoms with van der Waals surface area (Å²) in [5.74, 6) is -1.91. The molecule has 0 saturated carbocycles. The molecule has 0 atom stereocenters. The maximum Gasteiger partial charge on any atom is 0.335 e. The molecule has 1 saturated heterocycles. The molecule has 1 aliphatic rings. The second kappa shape index (κ2) is 10.4. The van der Waals surface area contributed by atoms with Crippen LogP contribution >= 0.6 is 35.0 Å². The zero-order chi connectivity index (χ0) is 25.1. The minimum atomic E-state index is -1.06. The fourth-order valence-electron chi connectivity index (χ4n) is 3.28. The zero-order valence-corrected chi connectivity index (χ0v) is 20.2. The number of amides is 3. The van der Waals surface area contributed by atoms with Crippen molar-refractivity contribution in [1.82, 2.24) is 4.90 Å². The van der Waals surface area contributed by atoms with E-state index in [4.69, 9.17) is 28.3 Å². The highest BCUT2D eigenvalue weighted by molar-refractivity contribution is 8.18. The van der Waals surface area contributed by atoms with Crippen molar-refractivity contribution in [3.8, 4) is 0 Å². The fourth-order valence-corrected chi connectivity index (χ4v) is 4.44. The molecule has 1 heterocycles. The molecular weight excluding hydrogens is 511 g/mol. The number of nitrogens with one attached hydrogen (secondary N) is 1. The van der Waals surface area contributed by atoms with Crippen LogP contribution in [-0.4, -0.2) is 33.0 Å². The Kier molecular flexibility index (Phi) is 7.25. The first-order chi connectivity index (χ1) is 16.7. The third-order valence-electron chi connectivity index (χ3n) is 5.03. The van der Waals surface area contributed by atoms with Gasteiger partial charge in [-0.1, -0.05) is 41.4 Å². The number of carbonyl (C=O) groups excluding carboxylic acids is 3. The summed E-state index contributed by atoms with van der Waals surface area (Å²) in [5.41, 5.74) is 2.11. The lowest BCUT2D eigenvalue weighted by Gasteiger charge is -2.13. The Bertz CT molecular complexity index is 1390. The largest absolute Gasteiger partial charge is 0.478 e. The summed E-state index contributed by atoms with van der Waals surface area (Å²) in [6.45, 7) is 0.0575. The molecule has 3 amide bonds. The van der Waals surface area contributed by atoms with Crippen LogP contribution in [0.25, 0.3) is 6.08 Å². The second-order valence-electron chi connectivity index (χ2n) is 7.48. The third kappa shape index (κ3) is 5.74. The molecule has 1 fully saturated rings. The third-order valence-corrected chi connectivity index (χ3v) is 6.68. The quantitative estimate of drug-likeness (QED) is 0.371. The highest BCUT2D eigenvalue weighted by atomic mass is 35.5. The van der Waals surface area contributed by atoms with Crippen LogP contribution < -0.4 is 5.32 Å². The van der Waals surface area contributed by atoms with E-state index in [1.54, 1.807) is 48.5 Å². The Hall–Kier alpha value is -3.59. The van der Waals surface area contributed by atoms with Gasteiger partial charge in [-0.25, -0.2) is 4.79 Å². The van der Waals surface area contributed by atoms with Gasteiger partial charge in [0.25, 0.3) is 17.1 Å². The van der Waals surface area contributed by atoms with Gasteiger partial charge in [-0.15, -0.1) is 0 Å². The van der Waals surface area contributed by atoms with Gasteiger partial charge < -0.3 is 10.4 Å². The van der Waals surface area contributed by atoms with Crippen LogP contribution in [0.5, 0.6) is 0 Å². The van der Waals surface area contributed by atoms with E-state index in [1.165, 1.54) is 24.3 Å². The highest BCUT2D eigenvalue weighted by Gasteiger charge is 2.35. The van der Waals surface area contributed by atoms with E-state index in [9.17, 15) is 19.2 Å². The lowest BCUT2D eigenvalue weighted by atomic mass is 10.1. The van der Waals surface area contributed by atoms with Crippen molar-refractivity contribution in [2.24, 2.45) is 0 Å². The maximum atomic E-state index is 12.8. The molecular formula is C25H16Cl2N2O5S. The van der Waals surface area contributed by atoms with Gasteiger partial charge >= 0.3 is 5.97 Å². The van der Waals surface area contributed by atoms with Gasteiger partial charge in [0.1, 0.15) is 0 Å². The van der Waals surface area contributed by atoms with Crippen LogP contribution in [-0.2, 0) is 11.3 Å². The van der Waals surface area contributed by atoms with Gasteiger partial charge in [-0.3, -0.25) is 19.3 Å². The van der Waals surface area contributed by atoms with Gasteiger partial charge in [-0.2, -0.15) is 0 Å². The van der Waals surface area contributed by atoms with Crippen molar-refractivity contribution >= 4 is 69.8 Å². The van der Waals surface area contributed by atoms with Crippen molar-refractivity contribution in [1.29, 1.82) is 0 Å². The van der Waals surface area contributed by atoms with Gasteiger partial charge in [0.2, 0.25) is 0 Å².